The Morgan fingerprint density at radius 1 is 1.21 bits per heavy atom. The van der Waals surface area contributed by atoms with Crippen LogP contribution in [0.4, 0.5) is 0 Å². The van der Waals surface area contributed by atoms with Gasteiger partial charge in [0.05, 0.1) is 17.9 Å². The summed E-state index contributed by atoms with van der Waals surface area (Å²) in [6, 6.07) is 0.466. The van der Waals surface area contributed by atoms with E-state index in [1.807, 2.05) is 12.5 Å². The Hall–Kier alpha value is -2.38. The van der Waals surface area contributed by atoms with Crippen LogP contribution in [0.1, 0.15) is 76.9 Å². The Kier molecular flexibility index (Phi) is 9.15. The Morgan fingerprint density at radius 3 is 2.59 bits per heavy atom. The molecular formula is C21H32N2O6. The number of hydrogen-bond acceptors (Lipinski definition) is 6. The van der Waals surface area contributed by atoms with Gasteiger partial charge in [-0.3, -0.25) is 14.4 Å². The summed E-state index contributed by atoms with van der Waals surface area (Å²) in [4.78, 5) is 38.2. The Morgan fingerprint density at radius 2 is 1.93 bits per heavy atom. The van der Waals surface area contributed by atoms with Gasteiger partial charge >= 0.3 is 17.9 Å². The number of hydrogen-bond donors (Lipinski definition) is 1. The molecule has 8 heteroatoms. The molecular weight excluding hydrogens is 376 g/mol. The van der Waals surface area contributed by atoms with Gasteiger partial charge in [0.2, 0.25) is 6.79 Å². The summed E-state index contributed by atoms with van der Waals surface area (Å²) in [5.41, 5.74) is 0.803. The SMILES string of the molecule is CC(=O)OCOC(=O)CCCC[C@@H](Cc1cn(C2CCC(C)CC2)cn1)C(=O)O. The van der Waals surface area contributed by atoms with E-state index in [0.717, 1.165) is 24.5 Å². The van der Waals surface area contributed by atoms with Crippen LogP contribution in [0.3, 0.4) is 0 Å². The number of aromatic nitrogens is 2. The van der Waals surface area contributed by atoms with Crippen molar-refractivity contribution in [2.45, 2.75) is 77.7 Å². The Labute approximate surface area is 171 Å². The molecule has 0 saturated heterocycles. The molecule has 1 atom stereocenters. The molecule has 2 rings (SSSR count). The van der Waals surface area contributed by atoms with E-state index < -0.39 is 23.8 Å². The highest BCUT2D eigenvalue weighted by Gasteiger charge is 2.22. The number of aliphatic carboxylic acids is 1. The fourth-order valence-electron chi connectivity index (χ4n) is 3.70. The molecule has 1 heterocycles. The van der Waals surface area contributed by atoms with Gasteiger partial charge < -0.3 is 19.1 Å². The van der Waals surface area contributed by atoms with Crippen LogP contribution in [-0.4, -0.2) is 39.4 Å². The van der Waals surface area contributed by atoms with Gasteiger partial charge in [-0.25, -0.2) is 4.98 Å². The minimum Gasteiger partial charge on any atom is -0.481 e. The number of imidazole rings is 1. The first-order valence-corrected chi connectivity index (χ1v) is 10.4. The zero-order valence-corrected chi connectivity index (χ0v) is 17.3. The maximum atomic E-state index is 11.6. The molecule has 1 aliphatic rings. The molecule has 162 valence electrons. The second kappa shape index (κ2) is 11.6. The molecule has 0 unspecified atom stereocenters. The third kappa shape index (κ3) is 8.25. The highest BCUT2D eigenvalue weighted by Crippen LogP contribution is 2.32. The first-order valence-electron chi connectivity index (χ1n) is 10.4. The van der Waals surface area contributed by atoms with Crippen LogP contribution in [0.2, 0.25) is 0 Å². The largest absolute Gasteiger partial charge is 0.481 e. The molecule has 0 aliphatic heterocycles. The topological polar surface area (TPSA) is 108 Å². The van der Waals surface area contributed by atoms with Gasteiger partial charge in [0.15, 0.2) is 0 Å². The highest BCUT2D eigenvalue weighted by atomic mass is 16.7. The molecule has 0 amide bonds. The third-order valence-corrected chi connectivity index (χ3v) is 5.53. The molecule has 0 spiro atoms. The maximum absolute atomic E-state index is 11.6. The van der Waals surface area contributed by atoms with Crippen LogP contribution in [0.25, 0.3) is 0 Å². The standard InChI is InChI=1S/C21H32N2O6/c1-15-7-9-19(10-8-15)23-12-18(22-13-23)11-17(21(26)27)5-3-4-6-20(25)29-14-28-16(2)24/h12-13,15,17,19H,3-11,14H2,1-2H3,(H,26,27)/t15?,17-,19?/m0/s1. The number of carbonyl (C=O) groups is 3. The number of carbonyl (C=O) groups excluding carboxylic acids is 2. The molecule has 1 fully saturated rings. The van der Waals surface area contributed by atoms with Crippen molar-refractivity contribution >= 4 is 17.9 Å². The Bertz CT molecular complexity index is 678. The summed E-state index contributed by atoms with van der Waals surface area (Å²) in [5.74, 6) is -1.56. The average molecular weight is 408 g/mol. The van der Waals surface area contributed by atoms with E-state index >= 15 is 0 Å². The summed E-state index contributed by atoms with van der Waals surface area (Å²) in [6.45, 7) is 3.14. The van der Waals surface area contributed by atoms with Crippen molar-refractivity contribution in [1.29, 1.82) is 0 Å². The molecule has 1 aromatic rings. The summed E-state index contributed by atoms with van der Waals surface area (Å²) in [5, 5.41) is 9.52. The third-order valence-electron chi connectivity index (χ3n) is 5.53. The number of rotatable bonds is 11. The predicted molar refractivity (Wildman–Crippen MR) is 105 cm³/mol. The van der Waals surface area contributed by atoms with Crippen LogP contribution < -0.4 is 0 Å². The highest BCUT2D eigenvalue weighted by molar-refractivity contribution is 5.70. The number of carboxylic acids is 1. The molecule has 1 saturated carbocycles. The molecule has 0 radical (unpaired) electrons. The van der Waals surface area contributed by atoms with Gasteiger partial charge in [0.1, 0.15) is 0 Å². The zero-order chi connectivity index (χ0) is 21.2. The van der Waals surface area contributed by atoms with Crippen molar-refractivity contribution < 1.29 is 29.0 Å². The van der Waals surface area contributed by atoms with Crippen LogP contribution in [0, 0.1) is 11.8 Å². The van der Waals surface area contributed by atoms with Crippen molar-refractivity contribution in [3.63, 3.8) is 0 Å². The van der Waals surface area contributed by atoms with Crippen LogP contribution >= 0.6 is 0 Å². The molecule has 8 nitrogen and oxygen atoms in total. The van der Waals surface area contributed by atoms with Gasteiger partial charge in [-0.15, -0.1) is 0 Å². The fourth-order valence-corrected chi connectivity index (χ4v) is 3.70. The monoisotopic (exact) mass is 408 g/mol. The number of carboxylic acid groups (broad SMARTS) is 1. The lowest BCUT2D eigenvalue weighted by Gasteiger charge is -2.26. The molecule has 29 heavy (non-hydrogen) atoms. The quantitative estimate of drug-likeness (QED) is 0.339. The molecule has 1 aliphatic carbocycles. The van der Waals surface area contributed by atoms with Crippen molar-refractivity contribution in [1.82, 2.24) is 9.55 Å². The number of esters is 2. The number of unbranched alkanes of at least 4 members (excludes halogenated alkanes) is 1. The second-order valence-corrected chi connectivity index (χ2v) is 7.98. The lowest BCUT2D eigenvalue weighted by molar-refractivity contribution is -0.165. The van der Waals surface area contributed by atoms with E-state index in [-0.39, 0.29) is 13.2 Å². The lowest BCUT2D eigenvalue weighted by atomic mass is 9.87. The van der Waals surface area contributed by atoms with Gasteiger partial charge in [-0.2, -0.15) is 0 Å². The second-order valence-electron chi connectivity index (χ2n) is 7.98. The predicted octanol–water partition coefficient (Wildman–Crippen LogP) is 3.50. The summed E-state index contributed by atoms with van der Waals surface area (Å²) < 4.78 is 11.4. The van der Waals surface area contributed by atoms with Gasteiger partial charge in [-0.1, -0.05) is 13.3 Å². The van der Waals surface area contributed by atoms with E-state index in [1.54, 1.807) is 0 Å². The van der Waals surface area contributed by atoms with Crippen LogP contribution in [0.5, 0.6) is 0 Å². The summed E-state index contributed by atoms with van der Waals surface area (Å²) in [6.07, 6.45) is 10.7. The van der Waals surface area contributed by atoms with Crippen molar-refractivity contribution in [2.24, 2.45) is 11.8 Å². The summed E-state index contributed by atoms with van der Waals surface area (Å²) in [7, 11) is 0. The maximum Gasteiger partial charge on any atom is 0.308 e. The summed E-state index contributed by atoms with van der Waals surface area (Å²) >= 11 is 0. The molecule has 0 aromatic carbocycles. The van der Waals surface area contributed by atoms with E-state index in [2.05, 4.69) is 21.2 Å². The molecule has 1 aromatic heterocycles. The van der Waals surface area contributed by atoms with E-state index in [0.29, 0.717) is 31.7 Å². The van der Waals surface area contributed by atoms with E-state index in [9.17, 15) is 19.5 Å². The van der Waals surface area contributed by atoms with Gasteiger partial charge in [0.25, 0.3) is 0 Å². The van der Waals surface area contributed by atoms with Crippen molar-refractivity contribution in [2.75, 3.05) is 6.79 Å². The zero-order valence-electron chi connectivity index (χ0n) is 17.3. The molecule has 1 N–H and O–H groups in total. The minimum absolute atomic E-state index is 0.169. The van der Waals surface area contributed by atoms with Crippen LogP contribution in [0.15, 0.2) is 12.5 Å². The van der Waals surface area contributed by atoms with Crippen molar-refractivity contribution in [3.8, 4) is 0 Å². The van der Waals surface area contributed by atoms with Crippen molar-refractivity contribution in [3.05, 3.63) is 18.2 Å². The normalized spacial score (nSPS) is 20.1. The van der Waals surface area contributed by atoms with E-state index in [4.69, 9.17) is 4.74 Å². The first kappa shape index (κ1) is 22.9. The Balaban J connectivity index is 1.72. The fraction of sp³-hybridized carbons (Fsp3) is 0.714. The van der Waals surface area contributed by atoms with Gasteiger partial charge in [0, 0.05) is 32.0 Å². The average Bonchev–Trinajstić information content (AvgIpc) is 3.13. The molecule has 0 bridgehead atoms. The van der Waals surface area contributed by atoms with Gasteiger partial charge in [-0.05, 0) is 44.4 Å². The van der Waals surface area contributed by atoms with Crippen LogP contribution in [-0.2, 0) is 30.3 Å². The number of nitrogens with zero attached hydrogens (tertiary/aromatic N) is 2. The van der Waals surface area contributed by atoms with E-state index in [1.165, 1.54) is 19.8 Å². The lowest BCUT2D eigenvalue weighted by Crippen LogP contribution is -2.17. The first-order chi connectivity index (χ1) is 13.8. The number of ether oxygens (including phenoxy) is 2. The smallest absolute Gasteiger partial charge is 0.308 e. The minimum atomic E-state index is -0.844.